The maximum atomic E-state index is 9.97. The van der Waals surface area contributed by atoms with E-state index < -0.39 is 0 Å². The third kappa shape index (κ3) is 3.08. The molecule has 0 saturated carbocycles. The number of rotatable bonds is 3. The second kappa shape index (κ2) is 5.33. The van der Waals surface area contributed by atoms with Crippen LogP contribution in [-0.4, -0.2) is 28.8 Å². The first-order valence-electron chi connectivity index (χ1n) is 5.55. The number of piperidine rings is 1. The molecule has 15 heavy (non-hydrogen) atoms. The summed E-state index contributed by atoms with van der Waals surface area (Å²) >= 11 is 0. The molecule has 1 fully saturated rings. The molecule has 0 aliphatic carbocycles. The Morgan fingerprint density at radius 2 is 2.20 bits per heavy atom. The van der Waals surface area contributed by atoms with Gasteiger partial charge >= 0.3 is 0 Å². The SMILES string of the molecule is C=C/C=C\N1CC(O)C(C(C)C)CC1N. The summed E-state index contributed by atoms with van der Waals surface area (Å²) in [6.45, 7) is 8.50. The van der Waals surface area contributed by atoms with Crippen LogP contribution in [0.1, 0.15) is 20.3 Å². The van der Waals surface area contributed by atoms with E-state index in [1.54, 1.807) is 6.08 Å². The van der Waals surface area contributed by atoms with Gasteiger partial charge in [-0.15, -0.1) is 0 Å². The van der Waals surface area contributed by atoms with E-state index in [0.717, 1.165) is 6.42 Å². The van der Waals surface area contributed by atoms with Gasteiger partial charge in [-0.2, -0.15) is 0 Å². The molecule has 0 spiro atoms. The first kappa shape index (κ1) is 12.3. The zero-order valence-electron chi connectivity index (χ0n) is 9.63. The topological polar surface area (TPSA) is 49.5 Å². The molecule has 1 heterocycles. The minimum Gasteiger partial charge on any atom is -0.391 e. The van der Waals surface area contributed by atoms with Crippen LogP contribution in [-0.2, 0) is 0 Å². The summed E-state index contributed by atoms with van der Waals surface area (Å²) in [5.74, 6) is 0.796. The van der Waals surface area contributed by atoms with Crippen molar-refractivity contribution < 1.29 is 5.11 Å². The Balaban J connectivity index is 2.62. The minimum atomic E-state index is -0.278. The molecule has 3 N–H and O–H groups in total. The average Bonchev–Trinajstić information content (AvgIpc) is 2.18. The van der Waals surface area contributed by atoms with Gasteiger partial charge < -0.3 is 15.7 Å². The molecule has 0 radical (unpaired) electrons. The first-order chi connectivity index (χ1) is 7.06. The van der Waals surface area contributed by atoms with Crippen molar-refractivity contribution in [1.29, 1.82) is 0 Å². The zero-order valence-corrected chi connectivity index (χ0v) is 9.63. The van der Waals surface area contributed by atoms with Crippen LogP contribution in [0.3, 0.4) is 0 Å². The lowest BCUT2D eigenvalue weighted by Gasteiger charge is -2.41. The standard InChI is InChI=1S/C12H22N2O/c1-4-5-6-14-8-11(15)10(9(2)3)7-12(14)13/h4-6,9-12,15H,1,7-8,13H2,2-3H3/b6-5-. The maximum absolute atomic E-state index is 9.97. The smallest absolute Gasteiger partial charge is 0.0770 e. The number of aliphatic hydroxyl groups excluding tert-OH is 1. The fraction of sp³-hybridized carbons (Fsp3) is 0.667. The highest BCUT2D eigenvalue weighted by Crippen LogP contribution is 2.27. The van der Waals surface area contributed by atoms with Gasteiger partial charge in [0.2, 0.25) is 0 Å². The summed E-state index contributed by atoms with van der Waals surface area (Å²) < 4.78 is 0. The van der Waals surface area contributed by atoms with E-state index in [4.69, 9.17) is 5.73 Å². The van der Waals surface area contributed by atoms with Crippen molar-refractivity contribution in [2.24, 2.45) is 17.6 Å². The van der Waals surface area contributed by atoms with E-state index in [1.165, 1.54) is 0 Å². The molecule has 1 rings (SSSR count). The van der Waals surface area contributed by atoms with Crippen LogP contribution in [0.2, 0.25) is 0 Å². The number of hydrogen-bond donors (Lipinski definition) is 2. The van der Waals surface area contributed by atoms with E-state index in [2.05, 4.69) is 20.4 Å². The quantitative estimate of drug-likeness (QED) is 0.691. The predicted molar refractivity (Wildman–Crippen MR) is 63.0 cm³/mol. The van der Waals surface area contributed by atoms with E-state index in [9.17, 15) is 5.11 Å². The third-order valence-corrected chi connectivity index (χ3v) is 3.10. The van der Waals surface area contributed by atoms with Gasteiger partial charge in [0.15, 0.2) is 0 Å². The van der Waals surface area contributed by atoms with Gasteiger partial charge in [0.1, 0.15) is 0 Å². The third-order valence-electron chi connectivity index (χ3n) is 3.10. The van der Waals surface area contributed by atoms with Gasteiger partial charge in [-0.25, -0.2) is 0 Å². The fourth-order valence-corrected chi connectivity index (χ4v) is 2.12. The van der Waals surface area contributed by atoms with Crippen molar-refractivity contribution in [1.82, 2.24) is 4.90 Å². The molecule has 0 aromatic carbocycles. The maximum Gasteiger partial charge on any atom is 0.0770 e. The summed E-state index contributed by atoms with van der Waals surface area (Å²) in [6.07, 6.45) is 6.05. The highest BCUT2D eigenvalue weighted by Gasteiger charge is 2.32. The lowest BCUT2D eigenvalue weighted by molar-refractivity contribution is -0.00520. The monoisotopic (exact) mass is 210 g/mol. The number of aliphatic hydroxyl groups is 1. The molecule has 3 heteroatoms. The predicted octanol–water partition coefficient (Wildman–Crippen LogP) is 1.31. The number of likely N-dealkylation sites (tertiary alicyclic amines) is 1. The van der Waals surface area contributed by atoms with Crippen molar-refractivity contribution in [2.75, 3.05) is 6.54 Å². The van der Waals surface area contributed by atoms with Crippen LogP contribution in [0, 0.1) is 11.8 Å². The van der Waals surface area contributed by atoms with Gasteiger partial charge in [0, 0.05) is 12.7 Å². The molecule has 0 aromatic rings. The van der Waals surface area contributed by atoms with Crippen molar-refractivity contribution >= 4 is 0 Å². The van der Waals surface area contributed by atoms with Crippen LogP contribution in [0.15, 0.2) is 24.9 Å². The Hall–Kier alpha value is -0.800. The number of hydrogen-bond acceptors (Lipinski definition) is 3. The molecule has 1 saturated heterocycles. The summed E-state index contributed by atoms with van der Waals surface area (Å²) in [5.41, 5.74) is 6.04. The summed E-state index contributed by atoms with van der Waals surface area (Å²) in [6, 6.07) is 0. The van der Waals surface area contributed by atoms with Crippen LogP contribution in [0.25, 0.3) is 0 Å². The normalized spacial score (nSPS) is 32.6. The van der Waals surface area contributed by atoms with Crippen LogP contribution < -0.4 is 5.73 Å². The van der Waals surface area contributed by atoms with Crippen molar-refractivity contribution in [2.45, 2.75) is 32.5 Å². The van der Waals surface area contributed by atoms with E-state index >= 15 is 0 Å². The summed E-state index contributed by atoms with van der Waals surface area (Å²) in [4.78, 5) is 1.98. The van der Waals surface area contributed by atoms with Crippen molar-refractivity contribution in [3.63, 3.8) is 0 Å². The summed E-state index contributed by atoms with van der Waals surface area (Å²) in [7, 11) is 0. The molecule has 0 aromatic heterocycles. The zero-order chi connectivity index (χ0) is 11.4. The summed E-state index contributed by atoms with van der Waals surface area (Å²) in [5, 5.41) is 9.97. The number of nitrogens with two attached hydrogens (primary N) is 1. The minimum absolute atomic E-state index is 0.0111. The number of nitrogens with zero attached hydrogens (tertiary/aromatic N) is 1. The second-order valence-corrected chi connectivity index (χ2v) is 4.55. The lowest BCUT2D eigenvalue weighted by atomic mass is 9.83. The molecular formula is C12H22N2O. The van der Waals surface area contributed by atoms with Gasteiger partial charge in [-0.3, -0.25) is 0 Å². The van der Waals surface area contributed by atoms with Gasteiger partial charge in [0.25, 0.3) is 0 Å². The Morgan fingerprint density at radius 1 is 1.53 bits per heavy atom. The second-order valence-electron chi connectivity index (χ2n) is 4.55. The van der Waals surface area contributed by atoms with Crippen molar-refractivity contribution in [3.05, 3.63) is 24.9 Å². The van der Waals surface area contributed by atoms with Crippen LogP contribution in [0.4, 0.5) is 0 Å². The number of allylic oxidation sites excluding steroid dienone is 2. The Morgan fingerprint density at radius 3 is 2.73 bits per heavy atom. The molecule has 86 valence electrons. The highest BCUT2D eigenvalue weighted by atomic mass is 16.3. The highest BCUT2D eigenvalue weighted by molar-refractivity contribution is 5.00. The lowest BCUT2D eigenvalue weighted by Crippen LogP contribution is -2.52. The van der Waals surface area contributed by atoms with Crippen molar-refractivity contribution in [3.8, 4) is 0 Å². The molecule has 3 unspecified atom stereocenters. The largest absolute Gasteiger partial charge is 0.391 e. The molecule has 0 amide bonds. The van der Waals surface area contributed by atoms with Gasteiger partial charge in [-0.1, -0.05) is 26.5 Å². The van der Waals surface area contributed by atoms with E-state index in [1.807, 2.05) is 17.2 Å². The number of β-amino-alcohol motifs (C(OH)–C–C–N with tert-alkyl or cyclic N) is 1. The van der Waals surface area contributed by atoms with E-state index in [-0.39, 0.29) is 12.3 Å². The molecule has 3 atom stereocenters. The van der Waals surface area contributed by atoms with Gasteiger partial charge in [0.05, 0.1) is 12.3 Å². The molecular weight excluding hydrogens is 188 g/mol. The van der Waals surface area contributed by atoms with Gasteiger partial charge in [-0.05, 0) is 24.3 Å². The Bertz CT molecular complexity index is 238. The molecule has 0 bridgehead atoms. The molecule has 3 nitrogen and oxygen atoms in total. The molecule has 1 aliphatic rings. The fourth-order valence-electron chi connectivity index (χ4n) is 2.12. The Labute approximate surface area is 92.3 Å². The van der Waals surface area contributed by atoms with Crippen LogP contribution >= 0.6 is 0 Å². The molecule has 1 aliphatic heterocycles. The average molecular weight is 210 g/mol. The first-order valence-corrected chi connectivity index (χ1v) is 5.55. The Kier molecular flexibility index (Phi) is 4.36. The van der Waals surface area contributed by atoms with E-state index in [0.29, 0.717) is 18.4 Å². The van der Waals surface area contributed by atoms with Crippen LogP contribution in [0.5, 0.6) is 0 Å².